The summed E-state index contributed by atoms with van der Waals surface area (Å²) >= 11 is 0. The Morgan fingerprint density at radius 3 is 2.56 bits per heavy atom. The molecular formula is C25H31N9O7. The highest BCUT2D eigenvalue weighted by atomic mass is 16.7. The van der Waals surface area contributed by atoms with Gasteiger partial charge >= 0.3 is 6.10 Å². The molecule has 16 heteroatoms. The van der Waals surface area contributed by atoms with Gasteiger partial charge in [-0.2, -0.15) is 4.98 Å². The van der Waals surface area contributed by atoms with E-state index in [0.717, 1.165) is 39.0 Å². The summed E-state index contributed by atoms with van der Waals surface area (Å²) in [6, 6.07) is 6.44. The minimum atomic E-state index is -3.49. The summed E-state index contributed by atoms with van der Waals surface area (Å²) < 4.78 is 11.2. The molecule has 6 N–H and O–H groups in total. The third-order valence-corrected chi connectivity index (χ3v) is 6.64. The van der Waals surface area contributed by atoms with E-state index in [-0.39, 0.29) is 29.2 Å². The van der Waals surface area contributed by atoms with E-state index in [9.17, 15) is 24.9 Å². The average molecular weight is 570 g/mol. The summed E-state index contributed by atoms with van der Waals surface area (Å²) in [6.45, 7) is 4.24. The number of carbonyl (C=O) groups is 2. The standard InChI is InChI=1S/C25H31N9O7/c1-33-8-10-34(11-9-33)13-19-28-24(41-32-19)15-4-3-5-16(21(15)40-2)26-17-12-18(27-22(35)14-6-7-14)30-31-20(17)23(36)29-25(37,38)39/h3-5,12,14,37-39H,6-11,13H2,1-2H3,(H,29,36)(H2,26,27,30,35). The third kappa shape index (κ3) is 7.11. The highest BCUT2D eigenvalue weighted by molar-refractivity contribution is 6.00. The van der Waals surface area contributed by atoms with E-state index >= 15 is 0 Å². The first-order chi connectivity index (χ1) is 19.6. The number of ether oxygens (including phenoxy) is 1. The smallest absolute Gasteiger partial charge is 0.369 e. The molecule has 2 aromatic heterocycles. The molecule has 1 aliphatic heterocycles. The van der Waals surface area contributed by atoms with Gasteiger partial charge in [-0.1, -0.05) is 11.2 Å². The van der Waals surface area contributed by atoms with Gasteiger partial charge in [-0.3, -0.25) is 19.8 Å². The number of nitrogens with one attached hydrogen (secondary N) is 3. The Labute approximate surface area is 234 Å². The van der Waals surface area contributed by atoms with E-state index < -0.39 is 17.7 Å². The zero-order chi connectivity index (χ0) is 29.1. The number of likely N-dealkylation sites (N-methyl/N-ethyl adjacent to an activating group) is 1. The molecule has 1 saturated carbocycles. The number of nitrogens with zero attached hydrogens (tertiary/aromatic N) is 6. The maximum absolute atomic E-state index is 12.7. The fraction of sp³-hybridized carbons (Fsp3) is 0.440. The fourth-order valence-electron chi connectivity index (χ4n) is 4.30. The maximum atomic E-state index is 12.7. The topological polar surface area (TPSA) is 211 Å². The number of para-hydroxylation sites is 1. The molecule has 3 aromatic rings. The van der Waals surface area contributed by atoms with Crippen LogP contribution in [0.1, 0.15) is 29.2 Å². The summed E-state index contributed by atoms with van der Waals surface area (Å²) in [4.78, 5) is 34.0. The van der Waals surface area contributed by atoms with E-state index in [0.29, 0.717) is 29.4 Å². The Balaban J connectivity index is 1.42. The average Bonchev–Trinajstić information content (AvgIpc) is 3.68. The molecule has 0 radical (unpaired) electrons. The Bertz CT molecular complexity index is 1410. The van der Waals surface area contributed by atoms with Crippen molar-refractivity contribution in [3.05, 3.63) is 35.8 Å². The number of aliphatic hydroxyl groups is 3. The van der Waals surface area contributed by atoms with Crippen LogP contribution in [0.3, 0.4) is 0 Å². The number of carbonyl (C=O) groups excluding carboxylic acids is 2. The Morgan fingerprint density at radius 2 is 1.88 bits per heavy atom. The first-order valence-corrected chi connectivity index (χ1v) is 13.0. The lowest BCUT2D eigenvalue weighted by Gasteiger charge is -2.31. The van der Waals surface area contributed by atoms with Crippen molar-refractivity contribution < 1.29 is 34.2 Å². The number of amides is 2. The number of anilines is 3. The molecule has 16 nitrogen and oxygen atoms in total. The van der Waals surface area contributed by atoms with Gasteiger partial charge in [0.25, 0.3) is 11.8 Å². The van der Waals surface area contributed by atoms with Gasteiger partial charge in [0.15, 0.2) is 23.1 Å². The largest absolute Gasteiger partial charge is 0.494 e. The molecule has 1 aromatic carbocycles. The van der Waals surface area contributed by atoms with Crippen LogP contribution in [0.15, 0.2) is 28.8 Å². The fourth-order valence-corrected chi connectivity index (χ4v) is 4.30. The van der Waals surface area contributed by atoms with E-state index in [4.69, 9.17) is 9.26 Å². The lowest BCUT2D eigenvalue weighted by molar-refractivity contribution is -0.323. The van der Waals surface area contributed by atoms with Gasteiger partial charge in [0.05, 0.1) is 30.6 Å². The van der Waals surface area contributed by atoms with Crippen molar-refractivity contribution in [1.29, 1.82) is 0 Å². The van der Waals surface area contributed by atoms with E-state index in [2.05, 4.69) is 47.8 Å². The van der Waals surface area contributed by atoms with Crippen LogP contribution in [0, 0.1) is 5.92 Å². The Kier molecular flexibility index (Phi) is 8.09. The molecule has 0 unspecified atom stereocenters. The second-order valence-corrected chi connectivity index (χ2v) is 9.95. The van der Waals surface area contributed by atoms with Crippen LogP contribution < -0.4 is 20.7 Å². The van der Waals surface area contributed by atoms with Gasteiger partial charge < -0.3 is 40.1 Å². The van der Waals surface area contributed by atoms with Crippen LogP contribution in [0.25, 0.3) is 11.5 Å². The van der Waals surface area contributed by atoms with Crippen molar-refractivity contribution in [1.82, 2.24) is 35.5 Å². The molecular weight excluding hydrogens is 538 g/mol. The van der Waals surface area contributed by atoms with Crippen LogP contribution in [0.2, 0.25) is 0 Å². The van der Waals surface area contributed by atoms with E-state index in [1.54, 1.807) is 23.5 Å². The van der Waals surface area contributed by atoms with Gasteiger partial charge in [-0.15, -0.1) is 10.2 Å². The number of methoxy groups -OCH3 is 1. The number of aromatic nitrogens is 4. The highest BCUT2D eigenvalue weighted by Crippen LogP contribution is 2.38. The minimum Gasteiger partial charge on any atom is -0.494 e. The Hall–Kier alpha value is -4.22. The van der Waals surface area contributed by atoms with Crippen molar-refractivity contribution >= 4 is 29.0 Å². The third-order valence-electron chi connectivity index (χ3n) is 6.64. The molecule has 0 spiro atoms. The van der Waals surface area contributed by atoms with Crippen molar-refractivity contribution in [3.8, 4) is 17.2 Å². The summed E-state index contributed by atoms with van der Waals surface area (Å²) in [5, 5.41) is 46.8. The molecule has 218 valence electrons. The van der Waals surface area contributed by atoms with Crippen LogP contribution in [0.4, 0.5) is 17.2 Å². The predicted octanol–water partition coefficient (Wildman–Crippen LogP) is -0.307. The van der Waals surface area contributed by atoms with E-state index in [1.165, 1.54) is 13.2 Å². The van der Waals surface area contributed by atoms with Gasteiger partial charge in [-0.05, 0) is 32.0 Å². The molecule has 1 saturated heterocycles. The zero-order valence-electron chi connectivity index (χ0n) is 22.5. The number of hydrogen-bond acceptors (Lipinski definition) is 14. The van der Waals surface area contributed by atoms with Gasteiger partial charge in [0.2, 0.25) is 5.91 Å². The predicted molar refractivity (Wildman–Crippen MR) is 143 cm³/mol. The Morgan fingerprint density at radius 1 is 1.12 bits per heavy atom. The normalized spacial score (nSPS) is 16.3. The molecule has 0 bridgehead atoms. The summed E-state index contributed by atoms with van der Waals surface area (Å²) in [7, 11) is 3.53. The lowest BCUT2D eigenvalue weighted by Crippen LogP contribution is -2.48. The highest BCUT2D eigenvalue weighted by Gasteiger charge is 2.31. The van der Waals surface area contributed by atoms with Crippen LogP contribution in [0.5, 0.6) is 5.75 Å². The van der Waals surface area contributed by atoms with Crippen molar-refractivity contribution in [2.45, 2.75) is 25.5 Å². The molecule has 5 rings (SSSR count). The van der Waals surface area contributed by atoms with Gasteiger partial charge in [0.1, 0.15) is 0 Å². The maximum Gasteiger partial charge on any atom is 0.369 e. The molecule has 41 heavy (non-hydrogen) atoms. The first-order valence-electron chi connectivity index (χ1n) is 13.0. The minimum absolute atomic E-state index is 0.0181. The van der Waals surface area contributed by atoms with Crippen LogP contribution >= 0.6 is 0 Å². The second-order valence-electron chi connectivity index (χ2n) is 9.95. The molecule has 2 aliphatic rings. The number of rotatable bonds is 10. The van der Waals surface area contributed by atoms with Crippen molar-refractivity contribution in [2.75, 3.05) is 51.0 Å². The van der Waals surface area contributed by atoms with Crippen LogP contribution in [-0.4, -0.2) is 104 Å². The first kappa shape index (κ1) is 28.3. The summed E-state index contributed by atoms with van der Waals surface area (Å²) in [6.07, 6.45) is -1.95. The van der Waals surface area contributed by atoms with Gasteiger partial charge in [-0.25, -0.2) is 0 Å². The number of piperazine rings is 1. The molecule has 1 aliphatic carbocycles. The van der Waals surface area contributed by atoms with E-state index in [1.807, 2.05) is 0 Å². The summed E-state index contributed by atoms with van der Waals surface area (Å²) in [5.41, 5.74) is 0.443. The lowest BCUT2D eigenvalue weighted by atomic mass is 10.1. The van der Waals surface area contributed by atoms with Crippen molar-refractivity contribution in [3.63, 3.8) is 0 Å². The summed E-state index contributed by atoms with van der Waals surface area (Å²) in [5.74, 6) is -0.386. The second kappa shape index (κ2) is 11.7. The number of benzene rings is 1. The monoisotopic (exact) mass is 569 g/mol. The molecule has 2 fully saturated rings. The zero-order valence-corrected chi connectivity index (χ0v) is 22.5. The molecule has 0 atom stereocenters. The molecule has 2 amide bonds. The van der Waals surface area contributed by atoms with Crippen molar-refractivity contribution in [2.24, 2.45) is 5.92 Å². The SMILES string of the molecule is COc1c(Nc2cc(NC(=O)C3CC3)nnc2C(=O)NC(O)(O)O)cccc1-c1nc(CN2CCN(C)CC2)no1. The number of hydrogen-bond donors (Lipinski definition) is 6. The van der Waals surface area contributed by atoms with Crippen LogP contribution in [-0.2, 0) is 11.3 Å². The quantitative estimate of drug-likeness (QED) is 0.173. The van der Waals surface area contributed by atoms with Gasteiger partial charge in [0, 0.05) is 38.2 Å². The molecule has 3 heterocycles.